The first-order valence-corrected chi connectivity index (χ1v) is 10.3. The van der Waals surface area contributed by atoms with Crippen LogP contribution in [-0.4, -0.2) is 30.6 Å². The summed E-state index contributed by atoms with van der Waals surface area (Å²) in [5.74, 6) is -0.676. The van der Waals surface area contributed by atoms with Crippen LogP contribution in [0.3, 0.4) is 0 Å². The molecule has 0 saturated carbocycles. The maximum Gasteiger partial charge on any atom is 0.191 e. The van der Waals surface area contributed by atoms with Gasteiger partial charge in [-0.05, 0) is 51.1 Å². The normalized spacial score (nSPS) is 13.6. The van der Waals surface area contributed by atoms with Crippen molar-refractivity contribution >= 4 is 0 Å². The Kier molecular flexibility index (Phi) is 7.57. The molecule has 0 aliphatic rings. The summed E-state index contributed by atoms with van der Waals surface area (Å²) in [6, 6.07) is 10.8. The molecule has 10 nitrogen and oxygen atoms in total. The van der Waals surface area contributed by atoms with Crippen LogP contribution >= 0.6 is 0 Å². The number of phenolic OH excluding ortho intramolecular Hbond substituents is 3. The van der Waals surface area contributed by atoms with Gasteiger partial charge in [0.25, 0.3) is 0 Å². The molecule has 3 aromatic carbocycles. The number of hydrogen-bond acceptors (Lipinski definition) is 10. The lowest BCUT2D eigenvalue weighted by Gasteiger charge is -2.18. The van der Waals surface area contributed by atoms with Crippen molar-refractivity contribution in [2.45, 2.75) is 39.1 Å². The largest absolute Gasteiger partial charge is 0.508 e. The lowest BCUT2D eigenvalue weighted by atomic mass is 10.1. The number of phenols is 3. The van der Waals surface area contributed by atoms with Crippen molar-refractivity contribution in [1.29, 1.82) is 0 Å². The molecule has 0 spiro atoms. The van der Waals surface area contributed by atoms with Crippen molar-refractivity contribution in [1.82, 2.24) is 0 Å². The number of hydrogen-bond donors (Lipinski definition) is 6. The van der Waals surface area contributed by atoms with E-state index in [-0.39, 0.29) is 51.2 Å². The third kappa shape index (κ3) is 5.54. The van der Waals surface area contributed by atoms with Crippen molar-refractivity contribution in [2.75, 3.05) is 0 Å². The van der Waals surface area contributed by atoms with Crippen LogP contribution in [0.5, 0.6) is 40.2 Å². The van der Waals surface area contributed by atoms with Crippen molar-refractivity contribution < 1.29 is 50.2 Å². The second kappa shape index (κ2) is 10.4. The van der Waals surface area contributed by atoms with Crippen molar-refractivity contribution in [2.24, 2.45) is 0 Å². The minimum Gasteiger partial charge on any atom is -0.508 e. The van der Waals surface area contributed by atoms with Crippen LogP contribution in [0.15, 0.2) is 48.5 Å². The number of aromatic hydroxyl groups is 3. The van der Waals surface area contributed by atoms with Gasteiger partial charge in [-0.3, -0.25) is 19.6 Å². The second-order valence-corrected chi connectivity index (χ2v) is 7.63. The molecule has 3 aromatic rings. The molecule has 0 bridgehead atoms. The molecule has 0 fully saturated rings. The third-order valence-corrected chi connectivity index (χ3v) is 4.85. The van der Waals surface area contributed by atoms with Gasteiger partial charge < -0.3 is 30.6 Å². The van der Waals surface area contributed by atoms with E-state index >= 15 is 0 Å². The van der Waals surface area contributed by atoms with Gasteiger partial charge in [0, 0.05) is 17.7 Å². The maximum atomic E-state index is 10.3. The molecule has 0 aliphatic carbocycles. The summed E-state index contributed by atoms with van der Waals surface area (Å²) >= 11 is 0. The van der Waals surface area contributed by atoms with Crippen LogP contribution in [0.2, 0.25) is 0 Å². The Morgan fingerprint density at radius 1 is 0.559 bits per heavy atom. The summed E-state index contributed by atoms with van der Waals surface area (Å²) in [5, 5.41) is 59.6. The van der Waals surface area contributed by atoms with Crippen LogP contribution in [-0.2, 0) is 0 Å². The van der Waals surface area contributed by atoms with E-state index in [2.05, 4.69) is 0 Å². The lowest BCUT2D eigenvalue weighted by Crippen LogP contribution is -2.11. The Morgan fingerprint density at radius 2 is 1.12 bits per heavy atom. The Morgan fingerprint density at radius 3 is 1.68 bits per heavy atom. The van der Waals surface area contributed by atoms with Crippen LogP contribution in [0.1, 0.15) is 55.8 Å². The fourth-order valence-corrected chi connectivity index (χ4v) is 3.29. The van der Waals surface area contributed by atoms with E-state index in [1.165, 1.54) is 57.2 Å². The molecule has 3 unspecified atom stereocenters. The zero-order valence-electron chi connectivity index (χ0n) is 18.7. The molecular weight excluding hydrogens is 448 g/mol. The Balaban J connectivity index is 1.87. The number of benzene rings is 3. The van der Waals surface area contributed by atoms with Crippen molar-refractivity contribution in [3.8, 4) is 40.2 Å². The van der Waals surface area contributed by atoms with E-state index in [4.69, 9.17) is 19.6 Å². The zero-order valence-corrected chi connectivity index (χ0v) is 18.7. The Bertz CT molecular complexity index is 1140. The quantitative estimate of drug-likeness (QED) is 0.199. The van der Waals surface area contributed by atoms with Gasteiger partial charge in [0.2, 0.25) is 0 Å². The standard InChI is InChI=1S/C24H26O10/c1-12(25)17-9-15(28)7-8-19(17)31-32-20-5-4-6-21(24(20)14(3)27)33-34-22-11-16(29)10-18(30)23(22)13(2)26/h4-14,25-30H,1-3H3. The fourth-order valence-electron chi connectivity index (χ4n) is 3.29. The van der Waals surface area contributed by atoms with Crippen molar-refractivity contribution in [3.63, 3.8) is 0 Å². The predicted octanol–water partition coefficient (Wildman–Crippen LogP) is 3.71. The first-order chi connectivity index (χ1) is 16.1. The van der Waals surface area contributed by atoms with Crippen LogP contribution in [0.4, 0.5) is 0 Å². The molecular formula is C24H26O10. The summed E-state index contributed by atoms with van der Waals surface area (Å²) in [5.41, 5.74) is 0.414. The third-order valence-electron chi connectivity index (χ3n) is 4.85. The molecule has 182 valence electrons. The van der Waals surface area contributed by atoms with Crippen molar-refractivity contribution in [3.05, 3.63) is 65.2 Å². The molecule has 34 heavy (non-hydrogen) atoms. The first kappa shape index (κ1) is 24.8. The fraction of sp³-hybridized carbons (Fsp3) is 0.250. The van der Waals surface area contributed by atoms with Gasteiger partial charge in [0.05, 0.1) is 29.4 Å². The molecule has 0 radical (unpaired) electrons. The highest BCUT2D eigenvalue weighted by molar-refractivity contribution is 5.51. The topological polar surface area (TPSA) is 158 Å². The molecule has 0 amide bonds. The SMILES string of the molecule is CC(O)c1cc(O)ccc1OOc1cccc(OOc2cc(O)cc(O)c2C(C)O)c1C(C)O. The van der Waals surface area contributed by atoms with Crippen LogP contribution < -0.4 is 19.6 Å². The minimum atomic E-state index is -1.13. The average Bonchev–Trinajstić information content (AvgIpc) is 2.75. The van der Waals surface area contributed by atoms with Gasteiger partial charge in [-0.25, -0.2) is 0 Å². The number of aliphatic hydroxyl groups excluding tert-OH is 3. The van der Waals surface area contributed by atoms with E-state index in [0.717, 1.165) is 12.1 Å². The van der Waals surface area contributed by atoms with E-state index < -0.39 is 24.1 Å². The molecule has 10 heteroatoms. The second-order valence-electron chi connectivity index (χ2n) is 7.63. The predicted molar refractivity (Wildman–Crippen MR) is 119 cm³/mol. The summed E-state index contributed by atoms with van der Waals surface area (Å²) < 4.78 is 0. The van der Waals surface area contributed by atoms with Crippen LogP contribution in [0, 0.1) is 0 Å². The van der Waals surface area contributed by atoms with E-state index in [0.29, 0.717) is 0 Å². The molecule has 0 heterocycles. The monoisotopic (exact) mass is 474 g/mol. The van der Waals surface area contributed by atoms with E-state index in [1.807, 2.05) is 0 Å². The highest BCUT2D eigenvalue weighted by atomic mass is 17.2. The molecule has 0 aromatic heterocycles. The van der Waals surface area contributed by atoms with Gasteiger partial charge >= 0.3 is 0 Å². The molecule has 0 saturated heterocycles. The summed E-state index contributed by atoms with van der Waals surface area (Å²) in [7, 11) is 0. The molecule has 3 atom stereocenters. The summed E-state index contributed by atoms with van der Waals surface area (Å²) in [4.78, 5) is 21.4. The Hall–Kier alpha value is -3.86. The zero-order chi connectivity index (χ0) is 25.0. The minimum absolute atomic E-state index is 0.00915. The maximum absolute atomic E-state index is 10.3. The molecule has 3 rings (SSSR count). The molecule has 0 aliphatic heterocycles. The smallest absolute Gasteiger partial charge is 0.191 e. The number of aliphatic hydroxyl groups is 3. The van der Waals surface area contributed by atoms with Gasteiger partial charge in [-0.2, -0.15) is 0 Å². The Labute approximate surface area is 195 Å². The van der Waals surface area contributed by atoms with Gasteiger partial charge in [0.1, 0.15) is 17.2 Å². The highest BCUT2D eigenvalue weighted by Gasteiger charge is 2.22. The summed E-state index contributed by atoms with van der Waals surface area (Å²) in [6.07, 6.45) is -3.19. The van der Waals surface area contributed by atoms with Crippen LogP contribution in [0.25, 0.3) is 0 Å². The average molecular weight is 474 g/mol. The summed E-state index contributed by atoms with van der Waals surface area (Å²) in [6.45, 7) is 4.35. The number of rotatable bonds is 9. The van der Waals surface area contributed by atoms with Gasteiger partial charge in [-0.15, -0.1) is 0 Å². The molecule has 6 N–H and O–H groups in total. The van der Waals surface area contributed by atoms with Gasteiger partial charge in [-0.1, -0.05) is 6.07 Å². The highest BCUT2D eigenvalue weighted by Crippen LogP contribution is 2.39. The first-order valence-electron chi connectivity index (χ1n) is 10.3. The lowest BCUT2D eigenvalue weighted by molar-refractivity contribution is -0.113. The van der Waals surface area contributed by atoms with Gasteiger partial charge in [0.15, 0.2) is 23.0 Å². The van der Waals surface area contributed by atoms with E-state index in [1.54, 1.807) is 0 Å². The van der Waals surface area contributed by atoms with E-state index in [9.17, 15) is 30.6 Å².